The highest BCUT2D eigenvalue weighted by molar-refractivity contribution is 7.16. The molecule has 0 radical (unpaired) electrons. The zero-order valence-electron chi connectivity index (χ0n) is 16.2. The number of benzene rings is 2. The molecule has 1 amide bonds. The van der Waals surface area contributed by atoms with E-state index < -0.39 is 10.8 Å². The minimum Gasteiger partial charge on any atom is -0.366 e. The number of halogens is 1. The second kappa shape index (κ2) is 8.19. The molecule has 3 aromatic rings. The third-order valence-electron chi connectivity index (χ3n) is 5.02. The molecular formula is C21H19FN4O3S. The van der Waals surface area contributed by atoms with Crippen molar-refractivity contribution >= 4 is 33.8 Å². The van der Waals surface area contributed by atoms with E-state index in [0.717, 1.165) is 36.4 Å². The summed E-state index contributed by atoms with van der Waals surface area (Å²) in [7, 11) is 0. The number of nitro benzene ring substituents is 1. The number of nitro groups is 1. The fourth-order valence-corrected chi connectivity index (χ4v) is 4.36. The van der Waals surface area contributed by atoms with Gasteiger partial charge in [-0.3, -0.25) is 20.2 Å². The van der Waals surface area contributed by atoms with Crippen molar-refractivity contribution in [3.05, 3.63) is 68.8 Å². The quantitative estimate of drug-likeness (QED) is 0.457. The van der Waals surface area contributed by atoms with Crippen molar-refractivity contribution in [2.24, 2.45) is 0 Å². The van der Waals surface area contributed by atoms with Crippen LogP contribution in [0.15, 0.2) is 42.5 Å². The first-order chi connectivity index (χ1) is 14.4. The van der Waals surface area contributed by atoms with Crippen molar-refractivity contribution < 1.29 is 14.1 Å². The molecule has 1 saturated heterocycles. The maximum atomic E-state index is 13.2. The summed E-state index contributed by atoms with van der Waals surface area (Å²) in [6.07, 6.45) is 2.00. The molecule has 0 saturated carbocycles. The largest absolute Gasteiger partial charge is 0.366 e. The molecule has 0 spiro atoms. The van der Waals surface area contributed by atoms with Gasteiger partial charge in [-0.25, -0.2) is 9.37 Å². The number of aryl methyl sites for hydroxylation is 1. The molecule has 1 aliphatic rings. The third-order valence-corrected chi connectivity index (χ3v) is 5.90. The summed E-state index contributed by atoms with van der Waals surface area (Å²) >= 11 is 1.29. The molecular weight excluding hydrogens is 407 g/mol. The van der Waals surface area contributed by atoms with Crippen LogP contribution < -0.4 is 10.2 Å². The van der Waals surface area contributed by atoms with Gasteiger partial charge < -0.3 is 4.90 Å². The van der Waals surface area contributed by atoms with E-state index in [1.54, 1.807) is 24.3 Å². The van der Waals surface area contributed by atoms with Crippen LogP contribution in [0, 0.1) is 22.9 Å². The number of hydrogen-bond acceptors (Lipinski definition) is 6. The summed E-state index contributed by atoms with van der Waals surface area (Å²) in [6, 6.07) is 10.5. The minimum atomic E-state index is -0.467. The van der Waals surface area contributed by atoms with E-state index in [1.165, 1.54) is 29.5 Å². The van der Waals surface area contributed by atoms with Crippen LogP contribution in [0.5, 0.6) is 0 Å². The predicted octanol–water partition coefficient (Wildman–Crippen LogP) is 5.02. The van der Waals surface area contributed by atoms with Gasteiger partial charge in [0.1, 0.15) is 11.5 Å². The standard InChI is InChI=1S/C21H19FN4O3S/c1-13-19(14-4-7-16(22)8-5-14)23-21(30-13)24-20(27)15-6-9-17(18(12-15)26(28)29)25-10-2-3-11-25/h4-9,12H,2-3,10-11H2,1H3,(H,23,24,27). The van der Waals surface area contributed by atoms with Crippen molar-refractivity contribution in [1.82, 2.24) is 4.98 Å². The van der Waals surface area contributed by atoms with E-state index in [9.17, 15) is 19.3 Å². The molecule has 7 nitrogen and oxygen atoms in total. The Morgan fingerprint density at radius 3 is 2.57 bits per heavy atom. The Hall–Kier alpha value is -3.33. The van der Waals surface area contributed by atoms with Gasteiger partial charge in [0.25, 0.3) is 11.6 Å². The third kappa shape index (κ3) is 4.02. The number of rotatable bonds is 5. The van der Waals surface area contributed by atoms with E-state index in [2.05, 4.69) is 10.3 Å². The second-order valence-corrected chi connectivity index (χ2v) is 8.24. The van der Waals surface area contributed by atoms with Crippen LogP contribution in [0.25, 0.3) is 11.3 Å². The lowest BCUT2D eigenvalue weighted by Crippen LogP contribution is -2.19. The van der Waals surface area contributed by atoms with Gasteiger partial charge in [-0.1, -0.05) is 0 Å². The first-order valence-electron chi connectivity index (χ1n) is 9.50. The first-order valence-corrected chi connectivity index (χ1v) is 10.3. The van der Waals surface area contributed by atoms with Gasteiger partial charge in [-0.15, -0.1) is 11.3 Å². The van der Waals surface area contributed by atoms with E-state index in [1.807, 2.05) is 11.8 Å². The van der Waals surface area contributed by atoms with Gasteiger partial charge >= 0.3 is 0 Å². The average molecular weight is 426 g/mol. The van der Waals surface area contributed by atoms with Gasteiger partial charge in [-0.2, -0.15) is 0 Å². The van der Waals surface area contributed by atoms with Gasteiger partial charge in [0, 0.05) is 35.2 Å². The molecule has 30 heavy (non-hydrogen) atoms. The number of hydrogen-bond donors (Lipinski definition) is 1. The maximum absolute atomic E-state index is 13.2. The molecule has 0 unspecified atom stereocenters. The fourth-order valence-electron chi connectivity index (χ4n) is 3.53. The molecule has 154 valence electrons. The molecule has 0 aliphatic carbocycles. The van der Waals surface area contributed by atoms with Crippen molar-refractivity contribution in [3.8, 4) is 11.3 Å². The molecule has 4 rings (SSSR count). The van der Waals surface area contributed by atoms with Crippen LogP contribution in [0.3, 0.4) is 0 Å². The number of nitrogens with one attached hydrogen (secondary N) is 1. The van der Waals surface area contributed by atoms with E-state index >= 15 is 0 Å². The summed E-state index contributed by atoms with van der Waals surface area (Å²) in [5.74, 6) is -0.801. The van der Waals surface area contributed by atoms with Crippen LogP contribution in [-0.4, -0.2) is 28.9 Å². The average Bonchev–Trinajstić information content (AvgIpc) is 3.38. The summed E-state index contributed by atoms with van der Waals surface area (Å²) in [4.78, 5) is 31.1. The number of nitrogens with zero attached hydrogens (tertiary/aromatic N) is 3. The number of anilines is 2. The Morgan fingerprint density at radius 1 is 1.20 bits per heavy atom. The topological polar surface area (TPSA) is 88.4 Å². The van der Waals surface area contributed by atoms with Crippen LogP contribution in [0.4, 0.5) is 20.9 Å². The van der Waals surface area contributed by atoms with E-state index in [0.29, 0.717) is 16.5 Å². The Morgan fingerprint density at radius 2 is 1.90 bits per heavy atom. The Bertz CT molecular complexity index is 1110. The van der Waals surface area contributed by atoms with Gasteiger partial charge in [0.15, 0.2) is 5.13 Å². The number of thiazole rings is 1. The SMILES string of the molecule is Cc1sc(NC(=O)c2ccc(N3CCCC3)c([N+](=O)[O-])c2)nc1-c1ccc(F)cc1. The highest BCUT2D eigenvalue weighted by atomic mass is 32.1. The summed E-state index contributed by atoms with van der Waals surface area (Å²) in [5, 5.41) is 14.6. The molecule has 2 heterocycles. The molecule has 0 bridgehead atoms. The molecule has 1 aliphatic heterocycles. The Balaban J connectivity index is 1.57. The molecule has 2 aromatic carbocycles. The number of aromatic nitrogens is 1. The highest BCUT2D eigenvalue weighted by Gasteiger charge is 2.24. The van der Waals surface area contributed by atoms with Crippen LogP contribution in [0.2, 0.25) is 0 Å². The van der Waals surface area contributed by atoms with Gasteiger partial charge in [-0.05, 0) is 56.2 Å². The normalized spacial score (nSPS) is 13.5. The highest BCUT2D eigenvalue weighted by Crippen LogP contribution is 2.33. The molecule has 1 fully saturated rings. The lowest BCUT2D eigenvalue weighted by atomic mass is 10.1. The lowest BCUT2D eigenvalue weighted by molar-refractivity contribution is -0.384. The van der Waals surface area contributed by atoms with Crippen LogP contribution in [-0.2, 0) is 0 Å². The monoisotopic (exact) mass is 426 g/mol. The maximum Gasteiger partial charge on any atom is 0.293 e. The summed E-state index contributed by atoms with van der Waals surface area (Å²) in [6.45, 7) is 3.41. The van der Waals surface area contributed by atoms with Crippen LogP contribution in [0.1, 0.15) is 28.1 Å². The molecule has 1 aromatic heterocycles. The number of carbonyl (C=O) groups is 1. The van der Waals surface area contributed by atoms with Crippen molar-refractivity contribution in [3.63, 3.8) is 0 Å². The Labute approximate surface area is 176 Å². The smallest absolute Gasteiger partial charge is 0.293 e. The van der Waals surface area contributed by atoms with Crippen molar-refractivity contribution in [1.29, 1.82) is 0 Å². The molecule has 9 heteroatoms. The van der Waals surface area contributed by atoms with E-state index in [-0.39, 0.29) is 17.1 Å². The molecule has 0 atom stereocenters. The molecule has 1 N–H and O–H groups in total. The number of carbonyl (C=O) groups excluding carboxylic acids is 1. The van der Waals surface area contributed by atoms with Gasteiger partial charge in [0.05, 0.1) is 10.6 Å². The van der Waals surface area contributed by atoms with Gasteiger partial charge in [0.2, 0.25) is 0 Å². The fraction of sp³-hybridized carbons (Fsp3) is 0.238. The van der Waals surface area contributed by atoms with Crippen molar-refractivity contribution in [2.75, 3.05) is 23.3 Å². The number of amides is 1. The zero-order valence-corrected chi connectivity index (χ0v) is 17.0. The van der Waals surface area contributed by atoms with Crippen molar-refractivity contribution in [2.45, 2.75) is 19.8 Å². The first kappa shape index (κ1) is 20.0. The second-order valence-electron chi connectivity index (χ2n) is 7.04. The predicted molar refractivity (Wildman–Crippen MR) is 115 cm³/mol. The van der Waals surface area contributed by atoms with Crippen LogP contribution >= 0.6 is 11.3 Å². The summed E-state index contributed by atoms with van der Waals surface area (Å²) < 4.78 is 13.2. The summed E-state index contributed by atoms with van der Waals surface area (Å²) in [5.41, 5.74) is 2.06. The van der Waals surface area contributed by atoms with E-state index in [4.69, 9.17) is 0 Å². The Kier molecular flexibility index (Phi) is 5.45. The minimum absolute atomic E-state index is 0.0770. The lowest BCUT2D eigenvalue weighted by Gasteiger charge is -2.17. The zero-order chi connectivity index (χ0) is 21.3.